The summed E-state index contributed by atoms with van der Waals surface area (Å²) in [6.07, 6.45) is 4.35. The first-order chi connectivity index (χ1) is 11.0. The van der Waals surface area contributed by atoms with E-state index in [4.69, 9.17) is 4.74 Å². The SMILES string of the molecule is CN=C(NCc1c(C)nn(C)c1C)NCC1(SC)CCOCC1.I. The summed E-state index contributed by atoms with van der Waals surface area (Å²) < 4.78 is 7.67. The van der Waals surface area contributed by atoms with Crippen molar-refractivity contribution < 1.29 is 4.74 Å². The van der Waals surface area contributed by atoms with Gasteiger partial charge in [-0.3, -0.25) is 9.67 Å². The zero-order valence-corrected chi connectivity index (χ0v) is 18.5. The zero-order chi connectivity index (χ0) is 16.9. The third-order valence-electron chi connectivity index (χ3n) is 4.73. The predicted molar refractivity (Wildman–Crippen MR) is 113 cm³/mol. The summed E-state index contributed by atoms with van der Waals surface area (Å²) in [5, 5.41) is 11.3. The fourth-order valence-electron chi connectivity index (χ4n) is 2.91. The van der Waals surface area contributed by atoms with Crippen molar-refractivity contribution in [1.29, 1.82) is 0 Å². The molecule has 0 atom stereocenters. The van der Waals surface area contributed by atoms with Crippen molar-refractivity contribution in [2.45, 2.75) is 38.0 Å². The zero-order valence-electron chi connectivity index (χ0n) is 15.3. The van der Waals surface area contributed by atoms with E-state index in [1.807, 2.05) is 37.5 Å². The monoisotopic (exact) mass is 467 g/mol. The van der Waals surface area contributed by atoms with Gasteiger partial charge in [-0.15, -0.1) is 24.0 Å². The number of halogens is 1. The molecule has 1 aromatic rings. The number of thioether (sulfide) groups is 1. The topological polar surface area (TPSA) is 63.5 Å². The van der Waals surface area contributed by atoms with Gasteiger partial charge in [0.05, 0.1) is 5.69 Å². The highest BCUT2D eigenvalue weighted by Gasteiger charge is 2.31. The second-order valence-corrected chi connectivity index (χ2v) is 7.33. The minimum Gasteiger partial charge on any atom is -0.381 e. The van der Waals surface area contributed by atoms with Gasteiger partial charge in [-0.1, -0.05) is 0 Å². The number of hydrogen-bond donors (Lipinski definition) is 2. The quantitative estimate of drug-likeness (QED) is 0.395. The lowest BCUT2D eigenvalue weighted by molar-refractivity contribution is 0.0783. The number of aliphatic imine (C=N–C) groups is 1. The average molecular weight is 467 g/mol. The van der Waals surface area contributed by atoms with Crippen LogP contribution in [-0.2, 0) is 18.3 Å². The summed E-state index contributed by atoms with van der Waals surface area (Å²) in [6, 6.07) is 0. The number of guanidine groups is 1. The second kappa shape index (κ2) is 9.86. The van der Waals surface area contributed by atoms with Gasteiger partial charge < -0.3 is 15.4 Å². The molecule has 6 nitrogen and oxygen atoms in total. The number of aryl methyl sites for hydroxylation is 2. The first kappa shape index (κ1) is 21.6. The molecule has 1 aliphatic heterocycles. The van der Waals surface area contributed by atoms with Crippen LogP contribution in [0.15, 0.2) is 4.99 Å². The van der Waals surface area contributed by atoms with E-state index in [2.05, 4.69) is 33.9 Å². The normalized spacial score (nSPS) is 17.3. The molecule has 0 spiro atoms. The van der Waals surface area contributed by atoms with E-state index in [1.165, 1.54) is 11.3 Å². The highest BCUT2D eigenvalue weighted by molar-refractivity contribution is 14.0. The molecule has 0 radical (unpaired) electrons. The van der Waals surface area contributed by atoms with Crippen molar-refractivity contribution in [3.8, 4) is 0 Å². The van der Waals surface area contributed by atoms with Crippen LogP contribution in [0.2, 0.25) is 0 Å². The Labute approximate surface area is 166 Å². The molecule has 0 unspecified atom stereocenters. The molecule has 1 aromatic heterocycles. The predicted octanol–water partition coefficient (Wildman–Crippen LogP) is 2.23. The van der Waals surface area contributed by atoms with Crippen LogP contribution in [0.4, 0.5) is 0 Å². The Balaban J connectivity index is 0.00000288. The van der Waals surface area contributed by atoms with Gasteiger partial charge in [-0.25, -0.2) is 0 Å². The Hall–Kier alpha value is -0.480. The van der Waals surface area contributed by atoms with E-state index in [0.29, 0.717) is 0 Å². The minimum atomic E-state index is 0. The second-order valence-electron chi connectivity index (χ2n) is 6.05. The van der Waals surface area contributed by atoms with Crippen molar-refractivity contribution in [2.24, 2.45) is 12.0 Å². The molecule has 0 bridgehead atoms. The van der Waals surface area contributed by atoms with Gasteiger partial charge in [0.15, 0.2) is 5.96 Å². The molecule has 2 rings (SSSR count). The van der Waals surface area contributed by atoms with Crippen molar-refractivity contribution in [1.82, 2.24) is 20.4 Å². The Morgan fingerprint density at radius 2 is 2.00 bits per heavy atom. The summed E-state index contributed by atoms with van der Waals surface area (Å²) in [4.78, 5) is 4.35. The average Bonchev–Trinajstić information content (AvgIpc) is 2.81. The van der Waals surface area contributed by atoms with Gasteiger partial charge in [-0.05, 0) is 32.9 Å². The van der Waals surface area contributed by atoms with Gasteiger partial charge in [0.25, 0.3) is 0 Å². The molecule has 0 aromatic carbocycles. The van der Waals surface area contributed by atoms with Gasteiger partial charge in [0, 0.05) is 56.4 Å². The number of aromatic nitrogens is 2. The Morgan fingerprint density at radius 1 is 1.33 bits per heavy atom. The maximum atomic E-state index is 5.50. The van der Waals surface area contributed by atoms with Crippen LogP contribution >= 0.6 is 35.7 Å². The fraction of sp³-hybridized carbons (Fsp3) is 0.750. The molecule has 138 valence electrons. The Morgan fingerprint density at radius 3 is 2.50 bits per heavy atom. The molecule has 8 heteroatoms. The summed E-state index contributed by atoms with van der Waals surface area (Å²) in [6.45, 7) is 7.48. The lowest BCUT2D eigenvalue weighted by atomic mass is 9.99. The molecule has 1 aliphatic rings. The first-order valence-electron chi connectivity index (χ1n) is 8.08. The van der Waals surface area contributed by atoms with Crippen molar-refractivity contribution in [3.63, 3.8) is 0 Å². The highest BCUT2D eigenvalue weighted by Crippen LogP contribution is 2.32. The fourth-order valence-corrected chi connectivity index (χ4v) is 3.70. The maximum absolute atomic E-state index is 5.50. The summed E-state index contributed by atoms with van der Waals surface area (Å²) >= 11 is 1.93. The summed E-state index contributed by atoms with van der Waals surface area (Å²) in [7, 11) is 3.79. The van der Waals surface area contributed by atoms with Crippen LogP contribution in [0.5, 0.6) is 0 Å². The van der Waals surface area contributed by atoms with Gasteiger partial charge in [0.2, 0.25) is 0 Å². The number of rotatable bonds is 5. The van der Waals surface area contributed by atoms with Gasteiger partial charge >= 0.3 is 0 Å². The first-order valence-corrected chi connectivity index (χ1v) is 9.30. The van der Waals surface area contributed by atoms with E-state index in [9.17, 15) is 0 Å². The largest absolute Gasteiger partial charge is 0.381 e. The summed E-state index contributed by atoms with van der Waals surface area (Å²) in [5.41, 5.74) is 3.49. The molecule has 0 amide bonds. The van der Waals surface area contributed by atoms with Crippen LogP contribution in [0.25, 0.3) is 0 Å². The number of nitrogens with one attached hydrogen (secondary N) is 2. The van der Waals surface area contributed by atoms with Crippen molar-refractivity contribution in [3.05, 3.63) is 17.0 Å². The third kappa shape index (κ3) is 5.26. The van der Waals surface area contributed by atoms with E-state index < -0.39 is 0 Å². The van der Waals surface area contributed by atoms with Crippen LogP contribution in [-0.4, -0.2) is 53.5 Å². The van der Waals surface area contributed by atoms with E-state index in [1.54, 1.807) is 0 Å². The van der Waals surface area contributed by atoms with Gasteiger partial charge in [0.1, 0.15) is 0 Å². The molecule has 2 heterocycles. The number of ether oxygens (including phenoxy) is 1. The highest BCUT2D eigenvalue weighted by atomic mass is 127. The lowest BCUT2D eigenvalue weighted by Gasteiger charge is -2.36. The third-order valence-corrected chi connectivity index (χ3v) is 6.15. The molecule has 24 heavy (non-hydrogen) atoms. The van der Waals surface area contributed by atoms with Crippen LogP contribution < -0.4 is 10.6 Å². The maximum Gasteiger partial charge on any atom is 0.191 e. The molecule has 1 saturated heterocycles. The van der Waals surface area contributed by atoms with Crippen LogP contribution in [0.3, 0.4) is 0 Å². The number of hydrogen-bond acceptors (Lipinski definition) is 4. The van der Waals surface area contributed by atoms with Crippen LogP contribution in [0.1, 0.15) is 29.8 Å². The van der Waals surface area contributed by atoms with Crippen LogP contribution in [0, 0.1) is 13.8 Å². The number of nitrogens with zero attached hydrogens (tertiary/aromatic N) is 3. The van der Waals surface area contributed by atoms with E-state index in [0.717, 1.165) is 50.8 Å². The Kier molecular flexibility index (Phi) is 8.86. The molecule has 0 aliphatic carbocycles. The molecule has 1 fully saturated rings. The van der Waals surface area contributed by atoms with Crippen molar-refractivity contribution >= 4 is 41.7 Å². The molecular weight excluding hydrogens is 437 g/mol. The smallest absolute Gasteiger partial charge is 0.191 e. The molecular formula is C16H30IN5OS. The van der Waals surface area contributed by atoms with Crippen molar-refractivity contribution in [2.75, 3.05) is 33.1 Å². The van der Waals surface area contributed by atoms with E-state index >= 15 is 0 Å². The molecule has 2 N–H and O–H groups in total. The standard InChI is InChI=1S/C16H29N5OS.HI/c1-12-14(13(2)21(4)20-12)10-18-15(17-3)19-11-16(23-5)6-8-22-9-7-16;/h6-11H2,1-5H3,(H2,17,18,19);1H. The minimum absolute atomic E-state index is 0. The Bertz CT molecular complexity index is 555. The lowest BCUT2D eigenvalue weighted by Crippen LogP contribution is -2.47. The van der Waals surface area contributed by atoms with E-state index in [-0.39, 0.29) is 28.7 Å². The molecule has 0 saturated carbocycles. The van der Waals surface area contributed by atoms with Gasteiger partial charge in [-0.2, -0.15) is 16.9 Å². The summed E-state index contributed by atoms with van der Waals surface area (Å²) in [5.74, 6) is 0.840.